The van der Waals surface area contributed by atoms with Gasteiger partial charge >= 0.3 is 0 Å². The summed E-state index contributed by atoms with van der Waals surface area (Å²) >= 11 is 0. The van der Waals surface area contributed by atoms with Gasteiger partial charge in [-0.05, 0) is 31.9 Å². The van der Waals surface area contributed by atoms with Crippen LogP contribution >= 0.6 is 0 Å². The van der Waals surface area contributed by atoms with Gasteiger partial charge in [-0.3, -0.25) is 19.6 Å². The Morgan fingerprint density at radius 3 is 2.58 bits per heavy atom. The Hall–Kier alpha value is -2.76. The monoisotopic (exact) mass is 324 g/mol. The van der Waals surface area contributed by atoms with E-state index in [9.17, 15) is 9.59 Å². The van der Waals surface area contributed by atoms with Gasteiger partial charge in [0.1, 0.15) is 0 Å². The zero-order valence-electron chi connectivity index (χ0n) is 13.8. The number of nitrogens with one attached hydrogen (secondary N) is 1. The van der Waals surface area contributed by atoms with Crippen LogP contribution in [-0.2, 0) is 10.3 Å². The van der Waals surface area contributed by atoms with Crippen LogP contribution in [-0.4, -0.2) is 40.3 Å². The Morgan fingerprint density at radius 1 is 1.21 bits per heavy atom. The first-order chi connectivity index (χ1) is 11.6. The standard InChI is InChI=1S/C18H20N4O2/c1-13-4-6-14(7-5-13)16(23)22-11-3-8-18(22,17(24)19-2)15-12-20-9-10-21-15/h4-7,9-10,12H,3,8,11H2,1-2H3,(H,19,24)/t18-/m1/s1. The molecule has 0 saturated carbocycles. The predicted octanol–water partition coefficient (Wildman–Crippen LogP) is 1.66. The van der Waals surface area contributed by atoms with E-state index in [1.165, 1.54) is 0 Å². The molecule has 2 heterocycles. The number of benzene rings is 1. The van der Waals surface area contributed by atoms with Crippen molar-refractivity contribution >= 4 is 11.8 Å². The van der Waals surface area contributed by atoms with Gasteiger partial charge in [0.25, 0.3) is 11.8 Å². The summed E-state index contributed by atoms with van der Waals surface area (Å²) in [6, 6.07) is 7.38. The van der Waals surface area contributed by atoms with E-state index in [1.54, 1.807) is 42.7 Å². The average molecular weight is 324 g/mol. The Balaban J connectivity index is 2.06. The maximum Gasteiger partial charge on any atom is 0.255 e. The van der Waals surface area contributed by atoms with E-state index < -0.39 is 5.54 Å². The molecule has 0 unspecified atom stereocenters. The van der Waals surface area contributed by atoms with Crippen molar-refractivity contribution in [2.45, 2.75) is 25.3 Å². The Labute approximate surface area is 140 Å². The van der Waals surface area contributed by atoms with E-state index in [4.69, 9.17) is 0 Å². The first-order valence-electron chi connectivity index (χ1n) is 7.97. The van der Waals surface area contributed by atoms with Gasteiger partial charge in [0.15, 0.2) is 5.54 Å². The molecule has 1 aliphatic rings. The van der Waals surface area contributed by atoms with Crippen molar-refractivity contribution in [2.75, 3.05) is 13.6 Å². The summed E-state index contributed by atoms with van der Waals surface area (Å²) in [6.07, 6.45) is 5.94. The van der Waals surface area contributed by atoms with E-state index in [0.29, 0.717) is 24.2 Å². The Bertz CT molecular complexity index is 745. The van der Waals surface area contributed by atoms with Crippen LogP contribution in [0.3, 0.4) is 0 Å². The van der Waals surface area contributed by atoms with Crippen LogP contribution in [0.2, 0.25) is 0 Å². The fourth-order valence-corrected chi connectivity index (χ4v) is 3.28. The molecule has 6 heteroatoms. The first-order valence-corrected chi connectivity index (χ1v) is 7.97. The van der Waals surface area contributed by atoms with Crippen LogP contribution in [0.5, 0.6) is 0 Å². The van der Waals surface area contributed by atoms with Crippen molar-refractivity contribution in [1.29, 1.82) is 0 Å². The summed E-state index contributed by atoms with van der Waals surface area (Å²) in [4.78, 5) is 35.9. The van der Waals surface area contributed by atoms with Gasteiger partial charge < -0.3 is 10.2 Å². The van der Waals surface area contributed by atoms with Gasteiger partial charge in [-0.2, -0.15) is 0 Å². The maximum absolute atomic E-state index is 13.1. The molecular formula is C18H20N4O2. The molecule has 1 atom stereocenters. The number of rotatable bonds is 3. The summed E-state index contributed by atoms with van der Waals surface area (Å²) in [6.45, 7) is 2.48. The summed E-state index contributed by atoms with van der Waals surface area (Å²) < 4.78 is 0. The molecule has 6 nitrogen and oxygen atoms in total. The van der Waals surface area contributed by atoms with Gasteiger partial charge in [-0.25, -0.2) is 0 Å². The van der Waals surface area contributed by atoms with Crippen LogP contribution in [0.15, 0.2) is 42.9 Å². The number of likely N-dealkylation sites (N-methyl/N-ethyl adjacent to an activating group) is 1. The minimum atomic E-state index is -1.11. The lowest BCUT2D eigenvalue weighted by Gasteiger charge is -2.36. The summed E-state index contributed by atoms with van der Waals surface area (Å²) in [7, 11) is 1.58. The summed E-state index contributed by atoms with van der Waals surface area (Å²) in [5.74, 6) is -0.400. The van der Waals surface area contributed by atoms with Crippen molar-refractivity contribution in [3.05, 3.63) is 59.7 Å². The maximum atomic E-state index is 13.1. The molecule has 0 spiro atoms. The number of nitrogens with zero attached hydrogens (tertiary/aromatic N) is 3. The third-order valence-electron chi connectivity index (χ3n) is 4.51. The summed E-state index contributed by atoms with van der Waals surface area (Å²) in [5.41, 5.74) is 1.05. The SMILES string of the molecule is CNC(=O)[C@]1(c2cnccn2)CCCN1C(=O)c1ccc(C)cc1. The highest BCUT2D eigenvalue weighted by Crippen LogP contribution is 2.39. The van der Waals surface area contributed by atoms with Gasteiger partial charge in [0.05, 0.1) is 11.9 Å². The summed E-state index contributed by atoms with van der Waals surface area (Å²) in [5, 5.41) is 2.69. The molecule has 1 aromatic heterocycles. The lowest BCUT2D eigenvalue weighted by atomic mass is 9.90. The number of likely N-dealkylation sites (tertiary alicyclic amines) is 1. The number of carbonyl (C=O) groups excluding carboxylic acids is 2. The van der Waals surface area contributed by atoms with Crippen molar-refractivity contribution < 1.29 is 9.59 Å². The van der Waals surface area contributed by atoms with Gasteiger partial charge in [-0.15, -0.1) is 0 Å². The van der Waals surface area contributed by atoms with Crippen molar-refractivity contribution in [3.63, 3.8) is 0 Å². The van der Waals surface area contributed by atoms with E-state index in [2.05, 4.69) is 15.3 Å². The van der Waals surface area contributed by atoms with Gasteiger partial charge in [0.2, 0.25) is 0 Å². The number of carbonyl (C=O) groups is 2. The largest absolute Gasteiger partial charge is 0.357 e. The molecule has 0 aliphatic carbocycles. The van der Waals surface area contributed by atoms with E-state index in [-0.39, 0.29) is 11.8 Å². The molecule has 124 valence electrons. The number of hydrogen-bond acceptors (Lipinski definition) is 4. The third-order valence-corrected chi connectivity index (χ3v) is 4.51. The topological polar surface area (TPSA) is 75.2 Å². The van der Waals surface area contributed by atoms with E-state index in [0.717, 1.165) is 12.0 Å². The molecule has 2 amide bonds. The van der Waals surface area contributed by atoms with Gasteiger partial charge in [0, 0.05) is 31.5 Å². The van der Waals surface area contributed by atoms with Crippen LogP contribution in [0, 0.1) is 6.92 Å². The van der Waals surface area contributed by atoms with Crippen molar-refractivity contribution in [2.24, 2.45) is 0 Å². The quantitative estimate of drug-likeness (QED) is 0.932. The van der Waals surface area contributed by atoms with Crippen LogP contribution in [0.1, 0.15) is 34.5 Å². The third kappa shape index (κ3) is 2.54. The fourth-order valence-electron chi connectivity index (χ4n) is 3.28. The lowest BCUT2D eigenvalue weighted by Crippen LogP contribution is -2.54. The number of amides is 2. The van der Waals surface area contributed by atoms with Crippen LogP contribution in [0.25, 0.3) is 0 Å². The number of hydrogen-bond donors (Lipinski definition) is 1. The molecule has 2 aromatic rings. The predicted molar refractivity (Wildman–Crippen MR) is 89.2 cm³/mol. The highest BCUT2D eigenvalue weighted by atomic mass is 16.2. The Kier molecular flexibility index (Phi) is 4.29. The van der Waals surface area contributed by atoms with Gasteiger partial charge in [-0.1, -0.05) is 17.7 Å². The minimum absolute atomic E-state index is 0.165. The minimum Gasteiger partial charge on any atom is -0.357 e. The van der Waals surface area contributed by atoms with Crippen molar-refractivity contribution in [3.8, 4) is 0 Å². The zero-order chi connectivity index (χ0) is 17.2. The van der Waals surface area contributed by atoms with Crippen LogP contribution in [0.4, 0.5) is 0 Å². The second-order valence-corrected chi connectivity index (χ2v) is 5.96. The van der Waals surface area contributed by atoms with Crippen molar-refractivity contribution in [1.82, 2.24) is 20.2 Å². The molecule has 0 radical (unpaired) electrons. The second kappa shape index (κ2) is 6.39. The second-order valence-electron chi connectivity index (χ2n) is 5.96. The Morgan fingerprint density at radius 2 is 1.96 bits per heavy atom. The fraction of sp³-hybridized carbons (Fsp3) is 0.333. The molecule has 1 saturated heterocycles. The lowest BCUT2D eigenvalue weighted by molar-refractivity contribution is -0.131. The first kappa shape index (κ1) is 16.1. The zero-order valence-corrected chi connectivity index (χ0v) is 13.8. The van der Waals surface area contributed by atoms with Crippen LogP contribution < -0.4 is 5.32 Å². The number of aryl methyl sites for hydroxylation is 1. The van der Waals surface area contributed by atoms with E-state index >= 15 is 0 Å². The molecule has 3 rings (SSSR count). The molecule has 24 heavy (non-hydrogen) atoms. The highest BCUT2D eigenvalue weighted by Gasteiger charge is 2.52. The van der Waals surface area contributed by atoms with E-state index in [1.807, 2.05) is 19.1 Å². The molecular weight excluding hydrogens is 304 g/mol. The number of aromatic nitrogens is 2. The molecule has 1 aliphatic heterocycles. The molecule has 1 N–H and O–H groups in total. The highest BCUT2D eigenvalue weighted by molar-refractivity contribution is 6.00. The normalized spacial score (nSPS) is 20.0. The molecule has 1 fully saturated rings. The molecule has 0 bridgehead atoms. The molecule has 1 aromatic carbocycles. The average Bonchev–Trinajstić information content (AvgIpc) is 3.08. The smallest absolute Gasteiger partial charge is 0.255 e.